The molecule has 0 saturated carbocycles. The monoisotopic (exact) mass is 438 g/mol. The molecule has 164 valence electrons. The molecule has 1 fully saturated rings. The standard InChI is InChI=1S/C23H30N6OS/c1-22(2)9-17(10-23(3,4)27-22)28(5)21-26-20-19(31-21)18-7-6-16(8-14(18)13-30-20)29-12-15(24)11-25-29/h6-8,11-12,17,27H,9-10,13,24H2,1-5H3. The Morgan fingerprint density at radius 1 is 1.23 bits per heavy atom. The maximum Gasteiger partial charge on any atom is 0.234 e. The van der Waals surface area contributed by atoms with Gasteiger partial charge in [-0.2, -0.15) is 10.1 Å². The molecule has 2 aliphatic heterocycles. The number of benzene rings is 1. The van der Waals surface area contributed by atoms with Crippen molar-refractivity contribution < 1.29 is 4.74 Å². The number of nitrogens with zero attached hydrogens (tertiary/aromatic N) is 4. The van der Waals surface area contributed by atoms with Crippen LogP contribution >= 0.6 is 11.3 Å². The number of ether oxygens (including phenoxy) is 1. The number of nitrogens with two attached hydrogens (primary N) is 1. The number of piperidine rings is 1. The summed E-state index contributed by atoms with van der Waals surface area (Å²) in [5.41, 5.74) is 9.95. The van der Waals surface area contributed by atoms with E-state index in [1.807, 2.05) is 6.20 Å². The fraction of sp³-hybridized carbons (Fsp3) is 0.478. The molecule has 0 atom stereocenters. The normalized spacial score (nSPS) is 19.4. The van der Waals surface area contributed by atoms with E-state index >= 15 is 0 Å². The number of fused-ring (bicyclic) bond motifs is 3. The third-order valence-electron chi connectivity index (χ3n) is 6.17. The van der Waals surface area contributed by atoms with Crippen LogP contribution in [0, 0.1) is 0 Å². The number of rotatable bonds is 3. The molecule has 0 unspecified atom stereocenters. The van der Waals surface area contributed by atoms with Gasteiger partial charge in [0.05, 0.1) is 23.8 Å². The quantitative estimate of drug-likeness (QED) is 0.637. The van der Waals surface area contributed by atoms with Gasteiger partial charge in [-0.25, -0.2) is 4.68 Å². The van der Waals surface area contributed by atoms with Gasteiger partial charge in [-0.3, -0.25) is 0 Å². The maximum absolute atomic E-state index is 6.05. The van der Waals surface area contributed by atoms with Gasteiger partial charge in [-0.1, -0.05) is 17.4 Å². The molecule has 3 N–H and O–H groups in total. The van der Waals surface area contributed by atoms with Crippen molar-refractivity contribution in [2.75, 3.05) is 17.7 Å². The number of hydrogen-bond acceptors (Lipinski definition) is 7. The second kappa shape index (κ2) is 6.97. The van der Waals surface area contributed by atoms with Crippen LogP contribution in [0.4, 0.5) is 10.8 Å². The fourth-order valence-electron chi connectivity index (χ4n) is 5.10. The molecule has 4 heterocycles. The Morgan fingerprint density at radius 3 is 2.65 bits per heavy atom. The Morgan fingerprint density at radius 2 is 1.97 bits per heavy atom. The van der Waals surface area contributed by atoms with E-state index in [4.69, 9.17) is 15.5 Å². The van der Waals surface area contributed by atoms with Crippen LogP contribution in [0.15, 0.2) is 30.6 Å². The van der Waals surface area contributed by atoms with Crippen LogP contribution in [0.2, 0.25) is 0 Å². The molecular formula is C23H30N6OS. The number of thiazole rings is 1. The van der Waals surface area contributed by atoms with Gasteiger partial charge in [0.2, 0.25) is 5.88 Å². The molecule has 8 heteroatoms. The van der Waals surface area contributed by atoms with Crippen molar-refractivity contribution in [3.05, 3.63) is 36.2 Å². The summed E-state index contributed by atoms with van der Waals surface area (Å²) in [7, 11) is 2.17. The number of nitrogen functional groups attached to an aromatic ring is 1. The first kappa shape index (κ1) is 20.3. The lowest BCUT2D eigenvalue weighted by Crippen LogP contribution is -2.61. The van der Waals surface area contributed by atoms with Gasteiger partial charge >= 0.3 is 0 Å². The number of hydrogen-bond donors (Lipinski definition) is 2. The first-order valence-corrected chi connectivity index (χ1v) is 11.5. The summed E-state index contributed by atoms with van der Waals surface area (Å²) in [4.78, 5) is 8.32. The van der Waals surface area contributed by atoms with E-state index < -0.39 is 0 Å². The van der Waals surface area contributed by atoms with Gasteiger partial charge in [-0.15, -0.1) is 0 Å². The van der Waals surface area contributed by atoms with Crippen molar-refractivity contribution in [3.8, 4) is 22.0 Å². The molecule has 3 aromatic rings. The molecule has 0 spiro atoms. The zero-order valence-corrected chi connectivity index (χ0v) is 19.6. The lowest BCUT2D eigenvalue weighted by Gasteiger charge is -2.48. The van der Waals surface area contributed by atoms with Crippen LogP contribution in [0.25, 0.3) is 16.1 Å². The average Bonchev–Trinajstić information content (AvgIpc) is 3.30. The van der Waals surface area contributed by atoms with E-state index in [2.05, 4.69) is 68.3 Å². The summed E-state index contributed by atoms with van der Waals surface area (Å²) in [6, 6.07) is 6.75. The van der Waals surface area contributed by atoms with E-state index in [1.165, 1.54) is 5.56 Å². The molecule has 1 aromatic carbocycles. The van der Waals surface area contributed by atoms with Crippen LogP contribution in [0.1, 0.15) is 46.1 Å². The molecule has 0 radical (unpaired) electrons. The van der Waals surface area contributed by atoms with Crippen molar-refractivity contribution in [2.24, 2.45) is 0 Å². The van der Waals surface area contributed by atoms with Crippen LogP contribution < -0.4 is 20.7 Å². The zero-order valence-electron chi connectivity index (χ0n) is 18.8. The largest absolute Gasteiger partial charge is 0.472 e. The smallest absolute Gasteiger partial charge is 0.234 e. The van der Waals surface area contributed by atoms with Gasteiger partial charge in [-0.05, 0) is 52.7 Å². The van der Waals surface area contributed by atoms with Crippen molar-refractivity contribution in [1.82, 2.24) is 20.1 Å². The molecule has 0 bridgehead atoms. The topological polar surface area (TPSA) is 81.2 Å². The van der Waals surface area contributed by atoms with Gasteiger partial charge in [0, 0.05) is 35.3 Å². The lowest BCUT2D eigenvalue weighted by atomic mass is 9.79. The summed E-state index contributed by atoms with van der Waals surface area (Å²) >= 11 is 1.71. The summed E-state index contributed by atoms with van der Waals surface area (Å²) < 4.78 is 7.84. The Labute approximate surface area is 187 Å². The molecule has 5 rings (SSSR count). The SMILES string of the molecule is CN(c1nc2c(s1)-c1ccc(-n3cc(N)cn3)cc1CO2)C1CC(C)(C)NC(C)(C)C1. The highest BCUT2D eigenvalue weighted by Gasteiger charge is 2.40. The summed E-state index contributed by atoms with van der Waals surface area (Å²) in [6.07, 6.45) is 5.62. The summed E-state index contributed by atoms with van der Waals surface area (Å²) in [6.45, 7) is 9.64. The van der Waals surface area contributed by atoms with Crippen LogP contribution in [0.3, 0.4) is 0 Å². The molecule has 0 aliphatic carbocycles. The van der Waals surface area contributed by atoms with E-state index in [9.17, 15) is 0 Å². The second-order valence-electron chi connectivity index (χ2n) is 10.0. The second-order valence-corrected chi connectivity index (χ2v) is 11.0. The molecular weight excluding hydrogens is 408 g/mol. The van der Waals surface area contributed by atoms with Crippen molar-refractivity contribution in [3.63, 3.8) is 0 Å². The van der Waals surface area contributed by atoms with Gasteiger partial charge in [0.25, 0.3) is 0 Å². The molecule has 31 heavy (non-hydrogen) atoms. The van der Waals surface area contributed by atoms with Crippen molar-refractivity contribution >= 4 is 22.2 Å². The van der Waals surface area contributed by atoms with E-state index in [0.29, 0.717) is 18.3 Å². The Bertz CT molecular complexity index is 1120. The Hall–Kier alpha value is -2.58. The Kier molecular flexibility index (Phi) is 4.57. The molecule has 2 aliphatic rings. The highest BCUT2D eigenvalue weighted by atomic mass is 32.1. The lowest BCUT2D eigenvalue weighted by molar-refractivity contribution is 0.161. The molecule has 0 amide bonds. The van der Waals surface area contributed by atoms with Gasteiger partial charge in [0.1, 0.15) is 11.5 Å². The number of aromatic nitrogens is 3. The molecule has 1 saturated heterocycles. The van der Waals surface area contributed by atoms with Gasteiger partial charge < -0.3 is 20.7 Å². The molecule has 7 nitrogen and oxygen atoms in total. The zero-order chi connectivity index (χ0) is 22.0. The number of anilines is 2. The van der Waals surface area contributed by atoms with Crippen molar-refractivity contribution in [2.45, 2.75) is 64.3 Å². The van der Waals surface area contributed by atoms with Gasteiger partial charge in [0.15, 0.2) is 5.13 Å². The predicted octanol–water partition coefficient (Wildman–Crippen LogP) is 4.22. The molecule has 2 aromatic heterocycles. The fourth-order valence-corrected chi connectivity index (χ4v) is 6.21. The Balaban J connectivity index is 1.44. The maximum atomic E-state index is 6.05. The third kappa shape index (κ3) is 3.78. The highest BCUT2D eigenvalue weighted by Crippen LogP contribution is 2.45. The average molecular weight is 439 g/mol. The minimum atomic E-state index is 0.0902. The van der Waals surface area contributed by atoms with E-state index in [1.54, 1.807) is 22.2 Å². The third-order valence-corrected chi connectivity index (χ3v) is 7.33. The minimum Gasteiger partial charge on any atom is -0.472 e. The van der Waals surface area contributed by atoms with E-state index in [-0.39, 0.29) is 11.1 Å². The van der Waals surface area contributed by atoms with Crippen molar-refractivity contribution in [1.29, 1.82) is 0 Å². The van der Waals surface area contributed by atoms with E-state index in [0.717, 1.165) is 40.0 Å². The minimum absolute atomic E-state index is 0.0902. The van der Waals surface area contributed by atoms with Crippen LogP contribution in [-0.2, 0) is 6.61 Å². The highest BCUT2D eigenvalue weighted by molar-refractivity contribution is 7.19. The summed E-state index contributed by atoms with van der Waals surface area (Å²) in [5, 5.41) is 9.09. The van der Waals surface area contributed by atoms with Crippen LogP contribution in [0.5, 0.6) is 5.88 Å². The summed E-state index contributed by atoms with van der Waals surface area (Å²) in [5.74, 6) is 0.739. The first-order chi connectivity index (χ1) is 14.6. The van der Waals surface area contributed by atoms with Crippen LogP contribution in [-0.4, -0.2) is 38.9 Å². The first-order valence-electron chi connectivity index (χ1n) is 10.7. The number of nitrogens with one attached hydrogen (secondary N) is 1. The predicted molar refractivity (Wildman–Crippen MR) is 126 cm³/mol.